The van der Waals surface area contributed by atoms with E-state index in [1.165, 1.54) is 0 Å². The van der Waals surface area contributed by atoms with Gasteiger partial charge in [0.15, 0.2) is 0 Å². The molecule has 0 fully saturated rings. The highest BCUT2D eigenvalue weighted by molar-refractivity contribution is 9.10. The van der Waals surface area contributed by atoms with E-state index < -0.39 is 0 Å². The largest absolute Gasteiger partial charge is 0.345 e. The standard InChI is InChI=1S/C20H18BrN3O/c1-14(15-7-3-2-4-8-15)23-20(25)16-11-12-19(22-13-16)24-18-10-6-5-9-17(18)21/h2-14H,1H3,(H,22,24)(H,23,25). The summed E-state index contributed by atoms with van der Waals surface area (Å²) in [6.07, 6.45) is 1.58. The van der Waals surface area contributed by atoms with E-state index >= 15 is 0 Å². The molecule has 1 atom stereocenters. The van der Waals surface area contributed by atoms with Gasteiger partial charge in [0.05, 0.1) is 17.3 Å². The van der Waals surface area contributed by atoms with Gasteiger partial charge in [-0.1, -0.05) is 42.5 Å². The Balaban J connectivity index is 1.65. The van der Waals surface area contributed by atoms with Crippen LogP contribution in [0, 0.1) is 0 Å². The molecule has 25 heavy (non-hydrogen) atoms. The quantitative estimate of drug-likeness (QED) is 0.633. The molecule has 0 radical (unpaired) electrons. The first-order chi connectivity index (χ1) is 12.1. The average molecular weight is 396 g/mol. The van der Waals surface area contributed by atoms with E-state index in [-0.39, 0.29) is 11.9 Å². The lowest BCUT2D eigenvalue weighted by Crippen LogP contribution is -2.26. The topological polar surface area (TPSA) is 54.0 Å². The van der Waals surface area contributed by atoms with Crippen LogP contribution >= 0.6 is 15.9 Å². The molecule has 0 aliphatic rings. The van der Waals surface area contributed by atoms with Crippen LogP contribution in [0.15, 0.2) is 77.4 Å². The van der Waals surface area contributed by atoms with Gasteiger partial charge in [-0.3, -0.25) is 4.79 Å². The van der Waals surface area contributed by atoms with Gasteiger partial charge in [0.2, 0.25) is 0 Å². The number of benzene rings is 2. The molecule has 0 aliphatic carbocycles. The fourth-order valence-electron chi connectivity index (χ4n) is 2.41. The smallest absolute Gasteiger partial charge is 0.253 e. The Morgan fingerprint density at radius 3 is 2.40 bits per heavy atom. The molecule has 2 N–H and O–H groups in total. The van der Waals surface area contributed by atoms with Crippen molar-refractivity contribution in [2.24, 2.45) is 0 Å². The van der Waals surface area contributed by atoms with E-state index in [4.69, 9.17) is 0 Å². The van der Waals surface area contributed by atoms with Crippen molar-refractivity contribution >= 4 is 33.3 Å². The Morgan fingerprint density at radius 2 is 1.72 bits per heavy atom. The lowest BCUT2D eigenvalue weighted by atomic mass is 10.1. The predicted octanol–water partition coefficient (Wildman–Crippen LogP) is 5.08. The van der Waals surface area contributed by atoms with Crippen molar-refractivity contribution in [3.8, 4) is 0 Å². The summed E-state index contributed by atoms with van der Waals surface area (Å²) >= 11 is 3.49. The van der Waals surface area contributed by atoms with Crippen LogP contribution in [0.5, 0.6) is 0 Å². The molecule has 1 amide bonds. The molecule has 0 aliphatic heterocycles. The molecule has 2 aromatic carbocycles. The van der Waals surface area contributed by atoms with Crippen molar-refractivity contribution in [1.82, 2.24) is 10.3 Å². The first-order valence-electron chi connectivity index (χ1n) is 7.97. The average Bonchev–Trinajstić information content (AvgIpc) is 2.65. The number of para-hydroxylation sites is 1. The van der Waals surface area contributed by atoms with Gasteiger partial charge in [-0.2, -0.15) is 0 Å². The number of hydrogen-bond donors (Lipinski definition) is 2. The summed E-state index contributed by atoms with van der Waals surface area (Å²) in [5.41, 5.74) is 2.52. The zero-order valence-corrected chi connectivity index (χ0v) is 15.3. The van der Waals surface area contributed by atoms with Crippen LogP contribution in [0.25, 0.3) is 0 Å². The van der Waals surface area contributed by atoms with Crippen molar-refractivity contribution in [2.75, 3.05) is 5.32 Å². The minimum atomic E-state index is -0.142. The minimum Gasteiger partial charge on any atom is -0.345 e. The summed E-state index contributed by atoms with van der Waals surface area (Å²) < 4.78 is 0.954. The van der Waals surface area contributed by atoms with E-state index in [0.29, 0.717) is 11.4 Å². The van der Waals surface area contributed by atoms with Crippen LogP contribution in [-0.2, 0) is 0 Å². The number of nitrogens with one attached hydrogen (secondary N) is 2. The molecule has 1 aromatic heterocycles. The molecule has 0 saturated carbocycles. The second-order valence-electron chi connectivity index (χ2n) is 5.64. The zero-order valence-electron chi connectivity index (χ0n) is 13.7. The number of nitrogens with zero attached hydrogens (tertiary/aromatic N) is 1. The van der Waals surface area contributed by atoms with Crippen LogP contribution in [0.1, 0.15) is 28.9 Å². The van der Waals surface area contributed by atoms with Gasteiger partial charge in [0.25, 0.3) is 5.91 Å². The highest BCUT2D eigenvalue weighted by Gasteiger charge is 2.11. The molecular formula is C20H18BrN3O. The maximum absolute atomic E-state index is 12.4. The third-order valence-corrected chi connectivity index (χ3v) is 4.50. The van der Waals surface area contributed by atoms with Gasteiger partial charge in [0.1, 0.15) is 5.82 Å². The summed E-state index contributed by atoms with van der Waals surface area (Å²) in [5.74, 6) is 0.538. The Hall–Kier alpha value is -2.66. The van der Waals surface area contributed by atoms with Gasteiger partial charge < -0.3 is 10.6 Å². The van der Waals surface area contributed by atoms with E-state index in [0.717, 1.165) is 15.7 Å². The summed E-state index contributed by atoms with van der Waals surface area (Å²) in [7, 11) is 0. The Morgan fingerprint density at radius 1 is 1.00 bits per heavy atom. The summed E-state index contributed by atoms with van der Waals surface area (Å²) in [6.45, 7) is 1.96. The van der Waals surface area contributed by atoms with Crippen molar-refractivity contribution in [3.05, 3.63) is 88.5 Å². The molecule has 126 valence electrons. The first kappa shape index (κ1) is 17.2. The number of aromatic nitrogens is 1. The molecule has 5 heteroatoms. The Bertz CT molecular complexity index is 850. The Labute approximate surface area is 155 Å². The van der Waals surface area contributed by atoms with Crippen molar-refractivity contribution in [2.45, 2.75) is 13.0 Å². The number of rotatable bonds is 5. The van der Waals surface area contributed by atoms with E-state index in [9.17, 15) is 4.79 Å². The molecule has 3 aromatic rings. The number of carbonyl (C=O) groups excluding carboxylic acids is 1. The maximum atomic E-state index is 12.4. The van der Waals surface area contributed by atoms with Crippen molar-refractivity contribution in [3.63, 3.8) is 0 Å². The normalized spacial score (nSPS) is 11.6. The summed E-state index contributed by atoms with van der Waals surface area (Å²) in [6, 6.07) is 21.2. The highest BCUT2D eigenvalue weighted by Crippen LogP contribution is 2.24. The Kier molecular flexibility index (Phi) is 5.46. The third kappa shape index (κ3) is 4.45. The fraction of sp³-hybridized carbons (Fsp3) is 0.100. The number of hydrogen-bond acceptors (Lipinski definition) is 3. The summed E-state index contributed by atoms with van der Waals surface area (Å²) in [5, 5.41) is 6.20. The van der Waals surface area contributed by atoms with Crippen LogP contribution in [0.3, 0.4) is 0 Å². The molecule has 0 bridgehead atoms. The monoisotopic (exact) mass is 395 g/mol. The molecule has 1 heterocycles. The van der Waals surface area contributed by atoms with Crippen molar-refractivity contribution < 1.29 is 4.79 Å². The van der Waals surface area contributed by atoms with Gasteiger partial charge in [-0.05, 0) is 52.7 Å². The van der Waals surface area contributed by atoms with E-state index in [2.05, 4.69) is 31.5 Å². The number of halogens is 1. The number of anilines is 2. The molecule has 1 unspecified atom stereocenters. The van der Waals surface area contributed by atoms with Crippen LogP contribution in [0.2, 0.25) is 0 Å². The van der Waals surface area contributed by atoms with Crippen LogP contribution in [0.4, 0.5) is 11.5 Å². The zero-order chi connectivity index (χ0) is 17.6. The van der Waals surface area contributed by atoms with Gasteiger partial charge in [0, 0.05) is 10.7 Å². The number of carbonyl (C=O) groups is 1. The van der Waals surface area contributed by atoms with E-state index in [1.54, 1.807) is 18.3 Å². The molecular weight excluding hydrogens is 378 g/mol. The molecule has 3 rings (SSSR count). The van der Waals surface area contributed by atoms with Crippen LogP contribution in [-0.4, -0.2) is 10.9 Å². The number of pyridine rings is 1. The highest BCUT2D eigenvalue weighted by atomic mass is 79.9. The molecule has 4 nitrogen and oxygen atoms in total. The van der Waals surface area contributed by atoms with E-state index in [1.807, 2.05) is 61.5 Å². The lowest BCUT2D eigenvalue weighted by Gasteiger charge is -2.14. The van der Waals surface area contributed by atoms with Gasteiger partial charge in [-0.25, -0.2) is 4.98 Å². The van der Waals surface area contributed by atoms with Crippen LogP contribution < -0.4 is 10.6 Å². The number of amides is 1. The second-order valence-corrected chi connectivity index (χ2v) is 6.50. The maximum Gasteiger partial charge on any atom is 0.253 e. The van der Waals surface area contributed by atoms with Gasteiger partial charge >= 0.3 is 0 Å². The van der Waals surface area contributed by atoms with Crippen molar-refractivity contribution in [1.29, 1.82) is 0 Å². The second kappa shape index (κ2) is 7.94. The SMILES string of the molecule is CC(NC(=O)c1ccc(Nc2ccccc2Br)nc1)c1ccccc1. The predicted molar refractivity (Wildman–Crippen MR) is 104 cm³/mol. The summed E-state index contributed by atoms with van der Waals surface area (Å²) in [4.78, 5) is 16.7. The fourth-order valence-corrected chi connectivity index (χ4v) is 2.79. The molecule has 0 spiro atoms. The van der Waals surface area contributed by atoms with Gasteiger partial charge in [-0.15, -0.1) is 0 Å². The minimum absolute atomic E-state index is 0.0632. The lowest BCUT2D eigenvalue weighted by molar-refractivity contribution is 0.0939. The third-order valence-electron chi connectivity index (χ3n) is 3.81. The molecule has 0 saturated heterocycles. The first-order valence-corrected chi connectivity index (χ1v) is 8.76.